The molecule has 0 spiro atoms. The maximum Gasteiger partial charge on any atom is 0.338 e. The van der Waals surface area contributed by atoms with Crippen molar-refractivity contribution in [1.82, 2.24) is 4.98 Å². The molecule has 2 heterocycles. The van der Waals surface area contributed by atoms with E-state index in [0.717, 1.165) is 11.1 Å². The second-order valence-electron chi connectivity index (χ2n) is 8.68. The molecule has 40 heavy (non-hydrogen) atoms. The highest BCUT2D eigenvalue weighted by atomic mass is 32.2. The predicted octanol–water partition coefficient (Wildman–Crippen LogP) is 6.56. The number of nitriles is 1. The number of thioether (sulfide) groups is 1. The fraction of sp³-hybridized carbons (Fsp3) is 0.129. The Morgan fingerprint density at radius 2 is 1.70 bits per heavy atom. The van der Waals surface area contributed by atoms with Crippen molar-refractivity contribution in [2.75, 3.05) is 12.4 Å². The van der Waals surface area contributed by atoms with E-state index in [1.165, 1.54) is 30.0 Å². The van der Waals surface area contributed by atoms with Gasteiger partial charge in [-0.25, -0.2) is 14.2 Å². The Bertz CT molecular complexity index is 1590. The minimum absolute atomic E-state index is 0.00308. The number of allylic oxidation sites excluding steroid dienone is 1. The molecule has 9 heteroatoms. The molecule has 0 bridgehead atoms. The lowest BCUT2D eigenvalue weighted by molar-refractivity contribution is -0.139. The molecule has 7 nitrogen and oxygen atoms in total. The highest BCUT2D eigenvalue weighted by Crippen LogP contribution is 2.43. The van der Waals surface area contributed by atoms with Crippen LogP contribution in [0.25, 0.3) is 22.6 Å². The van der Waals surface area contributed by atoms with E-state index >= 15 is 0 Å². The number of hydrogen-bond acceptors (Lipinski definition) is 8. The van der Waals surface area contributed by atoms with Gasteiger partial charge in [0.15, 0.2) is 5.76 Å². The molecule has 0 fully saturated rings. The van der Waals surface area contributed by atoms with Gasteiger partial charge in [0.25, 0.3) is 5.22 Å². The first-order chi connectivity index (χ1) is 19.5. The van der Waals surface area contributed by atoms with Crippen molar-refractivity contribution in [3.8, 4) is 28.7 Å². The number of aromatic nitrogens is 1. The van der Waals surface area contributed by atoms with Crippen LogP contribution in [0.3, 0.4) is 0 Å². The van der Waals surface area contributed by atoms with Crippen LogP contribution < -0.4 is 5.73 Å². The summed E-state index contributed by atoms with van der Waals surface area (Å²) < 4.78 is 32.2. The third kappa shape index (κ3) is 5.35. The molecule has 200 valence electrons. The lowest BCUT2D eigenvalue weighted by Gasteiger charge is -2.28. The van der Waals surface area contributed by atoms with Gasteiger partial charge in [-0.2, -0.15) is 5.26 Å². The van der Waals surface area contributed by atoms with E-state index in [-0.39, 0.29) is 40.7 Å². The SMILES string of the molecule is CCOC(=O)C1=C(CSc2nc(-c3ccccc3)c(-c3ccccc3)o2)OC(N)=C(C#N)C1c1ccccc1F. The number of oxazole rings is 1. The summed E-state index contributed by atoms with van der Waals surface area (Å²) in [6.07, 6.45) is 0. The van der Waals surface area contributed by atoms with Crippen molar-refractivity contribution in [3.63, 3.8) is 0 Å². The van der Waals surface area contributed by atoms with E-state index in [2.05, 4.69) is 0 Å². The van der Waals surface area contributed by atoms with Crippen LogP contribution in [0.1, 0.15) is 18.4 Å². The number of nitrogens with zero attached hydrogens (tertiary/aromatic N) is 2. The molecule has 0 saturated carbocycles. The van der Waals surface area contributed by atoms with E-state index in [9.17, 15) is 14.4 Å². The zero-order valence-electron chi connectivity index (χ0n) is 21.5. The fourth-order valence-electron chi connectivity index (χ4n) is 4.44. The van der Waals surface area contributed by atoms with Crippen molar-refractivity contribution >= 4 is 17.7 Å². The van der Waals surface area contributed by atoms with Gasteiger partial charge in [-0.3, -0.25) is 0 Å². The molecule has 1 atom stereocenters. The van der Waals surface area contributed by atoms with E-state index < -0.39 is 17.7 Å². The first kappa shape index (κ1) is 26.8. The number of benzene rings is 3. The van der Waals surface area contributed by atoms with Crippen LogP contribution in [-0.2, 0) is 14.3 Å². The molecule has 4 aromatic rings. The predicted molar refractivity (Wildman–Crippen MR) is 149 cm³/mol. The highest BCUT2D eigenvalue weighted by molar-refractivity contribution is 7.99. The van der Waals surface area contributed by atoms with Gasteiger partial charge in [0.1, 0.15) is 28.9 Å². The van der Waals surface area contributed by atoms with E-state index in [0.29, 0.717) is 16.7 Å². The minimum atomic E-state index is -1.10. The van der Waals surface area contributed by atoms with Crippen LogP contribution in [0.4, 0.5) is 4.39 Å². The van der Waals surface area contributed by atoms with Gasteiger partial charge in [0.05, 0.1) is 23.9 Å². The summed E-state index contributed by atoms with van der Waals surface area (Å²) in [7, 11) is 0. The van der Waals surface area contributed by atoms with Crippen molar-refractivity contribution < 1.29 is 23.1 Å². The van der Waals surface area contributed by atoms with Crippen molar-refractivity contribution in [1.29, 1.82) is 5.26 Å². The number of carbonyl (C=O) groups is 1. The summed E-state index contributed by atoms with van der Waals surface area (Å²) in [4.78, 5) is 17.9. The maximum atomic E-state index is 15.0. The average molecular weight is 554 g/mol. The highest BCUT2D eigenvalue weighted by Gasteiger charge is 2.39. The van der Waals surface area contributed by atoms with Gasteiger partial charge in [-0.1, -0.05) is 90.6 Å². The molecule has 3 aromatic carbocycles. The Balaban J connectivity index is 1.56. The smallest absolute Gasteiger partial charge is 0.338 e. The molecule has 0 aliphatic carbocycles. The van der Waals surface area contributed by atoms with Crippen LogP contribution >= 0.6 is 11.8 Å². The Hall–Kier alpha value is -4.81. The number of esters is 1. The first-order valence-electron chi connectivity index (χ1n) is 12.5. The second-order valence-corrected chi connectivity index (χ2v) is 9.61. The summed E-state index contributed by atoms with van der Waals surface area (Å²) in [6.45, 7) is 1.74. The average Bonchev–Trinajstić information content (AvgIpc) is 3.41. The number of halogens is 1. The minimum Gasteiger partial charge on any atom is -0.463 e. The van der Waals surface area contributed by atoms with E-state index in [1.807, 2.05) is 66.7 Å². The molecule has 5 rings (SSSR count). The van der Waals surface area contributed by atoms with Gasteiger partial charge < -0.3 is 19.6 Å². The summed E-state index contributed by atoms with van der Waals surface area (Å²) in [5.41, 5.74) is 8.56. The first-order valence-corrected chi connectivity index (χ1v) is 13.5. The quantitative estimate of drug-likeness (QED) is 0.193. The standard InChI is InChI=1S/C31H24FN3O4S/c1-2-37-30(36)26-24(38-29(34)22(17-33)25(26)21-15-9-10-16-23(21)32)18-40-31-35-27(19-11-5-3-6-12-19)28(39-31)20-13-7-4-8-14-20/h3-16,25H,2,18,34H2,1H3. The van der Waals surface area contributed by atoms with Gasteiger partial charge >= 0.3 is 5.97 Å². The Morgan fingerprint density at radius 3 is 2.35 bits per heavy atom. The number of hydrogen-bond donors (Lipinski definition) is 1. The maximum absolute atomic E-state index is 15.0. The zero-order chi connectivity index (χ0) is 28.1. The van der Waals surface area contributed by atoms with Gasteiger partial charge in [0.2, 0.25) is 5.88 Å². The van der Waals surface area contributed by atoms with Crippen molar-refractivity contribution in [2.45, 2.75) is 18.1 Å². The number of carbonyl (C=O) groups excluding carboxylic acids is 1. The summed E-state index contributed by atoms with van der Waals surface area (Å²) in [6, 6.07) is 27.2. The van der Waals surface area contributed by atoms with Crippen molar-refractivity contribution in [2.24, 2.45) is 5.73 Å². The Morgan fingerprint density at radius 1 is 1.05 bits per heavy atom. The van der Waals surface area contributed by atoms with Crippen molar-refractivity contribution in [3.05, 3.63) is 119 Å². The molecule has 0 radical (unpaired) electrons. The van der Waals surface area contributed by atoms with Gasteiger partial charge in [-0.15, -0.1) is 0 Å². The zero-order valence-corrected chi connectivity index (χ0v) is 22.3. The molecule has 1 aliphatic heterocycles. The molecular weight excluding hydrogens is 529 g/mol. The third-order valence-electron chi connectivity index (χ3n) is 6.23. The van der Waals surface area contributed by atoms with Crippen LogP contribution in [0.5, 0.6) is 0 Å². The Labute approximate surface area is 234 Å². The molecule has 1 aromatic heterocycles. The number of nitrogens with two attached hydrogens (primary N) is 1. The topological polar surface area (TPSA) is 111 Å². The molecule has 0 saturated heterocycles. The van der Waals surface area contributed by atoms with Crippen LogP contribution in [0.2, 0.25) is 0 Å². The van der Waals surface area contributed by atoms with Crippen LogP contribution in [0, 0.1) is 17.1 Å². The largest absolute Gasteiger partial charge is 0.463 e. The normalized spacial score (nSPS) is 15.0. The second kappa shape index (κ2) is 11.9. The van der Waals surface area contributed by atoms with E-state index in [4.69, 9.17) is 24.6 Å². The van der Waals surface area contributed by atoms with Crippen LogP contribution in [-0.4, -0.2) is 23.3 Å². The summed E-state index contributed by atoms with van der Waals surface area (Å²) in [5, 5.41) is 10.2. The molecular formula is C31H24FN3O4S. The van der Waals surface area contributed by atoms with Crippen LogP contribution in [0.15, 0.2) is 117 Å². The summed E-state index contributed by atoms with van der Waals surface area (Å²) in [5.74, 6) is -1.84. The number of rotatable bonds is 8. The Kier molecular flexibility index (Phi) is 7.99. The lowest BCUT2D eigenvalue weighted by Crippen LogP contribution is -2.27. The van der Waals surface area contributed by atoms with Gasteiger partial charge in [0, 0.05) is 16.7 Å². The molecule has 1 unspecified atom stereocenters. The fourth-order valence-corrected chi connectivity index (χ4v) is 5.21. The lowest BCUT2D eigenvalue weighted by atomic mass is 9.83. The molecule has 2 N–H and O–H groups in total. The third-order valence-corrected chi connectivity index (χ3v) is 7.05. The monoisotopic (exact) mass is 553 g/mol. The molecule has 1 aliphatic rings. The summed E-state index contributed by atoms with van der Waals surface area (Å²) >= 11 is 1.18. The number of ether oxygens (including phenoxy) is 2. The van der Waals surface area contributed by atoms with Gasteiger partial charge in [-0.05, 0) is 13.0 Å². The molecule has 0 amide bonds. The van der Waals surface area contributed by atoms with E-state index in [1.54, 1.807) is 13.0 Å².